The second-order valence-corrected chi connectivity index (χ2v) is 5.98. The molecule has 1 amide bonds. The summed E-state index contributed by atoms with van der Waals surface area (Å²) in [5.41, 5.74) is -0.681. The maximum atomic E-state index is 12.3. The van der Waals surface area contributed by atoms with Crippen LogP contribution in [0, 0.1) is 5.92 Å². The highest BCUT2D eigenvalue weighted by molar-refractivity contribution is 5.80. The number of aromatic amines is 1. The lowest BCUT2D eigenvalue weighted by Gasteiger charge is -2.14. The van der Waals surface area contributed by atoms with Crippen LogP contribution in [0.1, 0.15) is 6.42 Å². The quantitative estimate of drug-likeness (QED) is 0.547. The number of nitrogens with one attached hydrogen (secondary N) is 3. The van der Waals surface area contributed by atoms with Gasteiger partial charge >= 0.3 is 0 Å². The van der Waals surface area contributed by atoms with E-state index in [1.807, 2.05) is 0 Å². The number of rotatable bonds is 5. The molecule has 128 valence electrons. The summed E-state index contributed by atoms with van der Waals surface area (Å²) in [5.74, 6) is -0.229. The minimum absolute atomic E-state index is 0.00264. The Morgan fingerprint density at radius 3 is 2.71 bits per heavy atom. The van der Waals surface area contributed by atoms with E-state index in [1.165, 1.54) is 0 Å². The second kappa shape index (κ2) is 6.98. The van der Waals surface area contributed by atoms with Crippen molar-refractivity contribution >= 4 is 16.7 Å². The van der Waals surface area contributed by atoms with Crippen molar-refractivity contribution in [1.82, 2.24) is 20.4 Å². The van der Waals surface area contributed by atoms with Crippen molar-refractivity contribution in [2.75, 3.05) is 19.6 Å². The number of carbonyl (C=O) groups excluding carboxylic acids is 1. The van der Waals surface area contributed by atoms with E-state index < -0.39 is 6.10 Å². The zero-order valence-corrected chi connectivity index (χ0v) is 13.1. The van der Waals surface area contributed by atoms with Crippen LogP contribution in [0.3, 0.4) is 0 Å². The molecule has 1 aromatic heterocycles. The maximum Gasteiger partial charge on any atom is 0.273 e. The zero-order chi connectivity index (χ0) is 17.1. The van der Waals surface area contributed by atoms with Crippen LogP contribution in [0.5, 0.6) is 0 Å². The van der Waals surface area contributed by atoms with Gasteiger partial charge < -0.3 is 15.7 Å². The van der Waals surface area contributed by atoms with Gasteiger partial charge in [-0.25, -0.2) is 4.68 Å². The Morgan fingerprint density at radius 1 is 1.25 bits per heavy atom. The van der Waals surface area contributed by atoms with Crippen molar-refractivity contribution in [2.45, 2.75) is 19.1 Å². The van der Waals surface area contributed by atoms with Crippen LogP contribution in [0.4, 0.5) is 0 Å². The van der Waals surface area contributed by atoms with Crippen LogP contribution in [0.25, 0.3) is 10.8 Å². The van der Waals surface area contributed by atoms with Crippen LogP contribution in [-0.2, 0) is 11.3 Å². The normalized spacial score (nSPS) is 20.4. The fraction of sp³-hybridized carbons (Fsp3) is 0.438. The third-order valence-electron chi connectivity index (χ3n) is 4.31. The SMILES string of the molecule is O=C(CCn1[nH]c(=O)c2ccccc2c1=O)NCC1CNCC1O. The number of β-amino-alcohol motifs (C(OH)–C–C–N with tert-alkyl or cyclic N) is 1. The molecular formula is C16H20N4O4. The topological polar surface area (TPSA) is 116 Å². The predicted molar refractivity (Wildman–Crippen MR) is 88.8 cm³/mol. The standard InChI is InChI=1S/C16H20N4O4/c21-13-9-17-7-10(13)8-18-14(22)5-6-20-16(24)12-4-2-1-3-11(12)15(23)19-20/h1-4,10,13,17,21H,5-9H2,(H,18,22)(H,19,23). The molecule has 3 rings (SSSR count). The number of carbonyl (C=O) groups is 1. The molecule has 1 saturated heterocycles. The molecule has 2 unspecified atom stereocenters. The average molecular weight is 332 g/mol. The minimum Gasteiger partial charge on any atom is -0.391 e. The molecule has 0 aliphatic carbocycles. The number of hydrogen-bond acceptors (Lipinski definition) is 5. The number of aliphatic hydroxyl groups excluding tert-OH is 1. The van der Waals surface area contributed by atoms with Crippen LogP contribution in [0.2, 0.25) is 0 Å². The van der Waals surface area contributed by atoms with Gasteiger partial charge in [0.25, 0.3) is 11.1 Å². The fourth-order valence-electron chi connectivity index (χ4n) is 2.88. The summed E-state index contributed by atoms with van der Waals surface area (Å²) in [7, 11) is 0. The van der Waals surface area contributed by atoms with Gasteiger partial charge in [0, 0.05) is 32.0 Å². The van der Waals surface area contributed by atoms with Gasteiger partial charge in [0.15, 0.2) is 0 Å². The lowest BCUT2D eigenvalue weighted by Crippen LogP contribution is -2.36. The van der Waals surface area contributed by atoms with Crippen LogP contribution in [-0.4, -0.2) is 46.5 Å². The summed E-state index contributed by atoms with van der Waals surface area (Å²) in [5, 5.41) is 18.6. The zero-order valence-electron chi connectivity index (χ0n) is 13.1. The fourth-order valence-corrected chi connectivity index (χ4v) is 2.88. The number of nitrogens with zero attached hydrogens (tertiary/aromatic N) is 1. The van der Waals surface area contributed by atoms with Gasteiger partial charge in [-0.3, -0.25) is 19.5 Å². The summed E-state index contributed by atoms with van der Waals surface area (Å²) in [4.78, 5) is 36.2. The molecule has 1 aromatic carbocycles. The first-order chi connectivity index (χ1) is 11.6. The number of aromatic nitrogens is 2. The van der Waals surface area contributed by atoms with E-state index in [-0.39, 0.29) is 35.9 Å². The number of amides is 1. The van der Waals surface area contributed by atoms with Crippen molar-refractivity contribution in [3.8, 4) is 0 Å². The molecule has 0 saturated carbocycles. The predicted octanol–water partition coefficient (Wildman–Crippen LogP) is -1.22. The number of H-pyrrole nitrogens is 1. The molecule has 0 spiro atoms. The first-order valence-electron chi connectivity index (χ1n) is 7.93. The van der Waals surface area contributed by atoms with Crippen molar-refractivity contribution in [3.05, 3.63) is 45.0 Å². The van der Waals surface area contributed by atoms with Crippen molar-refractivity contribution in [1.29, 1.82) is 0 Å². The van der Waals surface area contributed by atoms with Crippen LogP contribution >= 0.6 is 0 Å². The van der Waals surface area contributed by atoms with Crippen LogP contribution in [0.15, 0.2) is 33.9 Å². The molecule has 0 bridgehead atoms. The molecule has 2 aromatic rings. The molecular weight excluding hydrogens is 312 g/mol. The Hall–Kier alpha value is -2.45. The van der Waals surface area contributed by atoms with Gasteiger partial charge in [0.1, 0.15) is 0 Å². The average Bonchev–Trinajstić information content (AvgIpc) is 3.00. The molecule has 8 nitrogen and oxygen atoms in total. The first kappa shape index (κ1) is 16.4. The lowest BCUT2D eigenvalue weighted by molar-refractivity contribution is -0.121. The number of benzene rings is 1. The summed E-state index contributed by atoms with van der Waals surface area (Å²) >= 11 is 0. The Morgan fingerprint density at radius 2 is 2.00 bits per heavy atom. The van der Waals surface area contributed by atoms with Gasteiger partial charge in [-0.2, -0.15) is 0 Å². The van der Waals surface area contributed by atoms with Crippen LogP contribution < -0.4 is 21.8 Å². The minimum atomic E-state index is -0.454. The number of fused-ring (bicyclic) bond motifs is 1. The van der Waals surface area contributed by atoms with E-state index in [0.29, 0.717) is 30.4 Å². The van der Waals surface area contributed by atoms with Crippen molar-refractivity contribution < 1.29 is 9.90 Å². The first-order valence-corrected chi connectivity index (χ1v) is 7.93. The molecule has 4 N–H and O–H groups in total. The van der Waals surface area contributed by atoms with Crippen molar-refractivity contribution in [2.24, 2.45) is 5.92 Å². The molecule has 0 radical (unpaired) electrons. The highest BCUT2D eigenvalue weighted by Crippen LogP contribution is 2.07. The molecule has 2 heterocycles. The molecule has 8 heteroatoms. The molecule has 24 heavy (non-hydrogen) atoms. The van der Waals surface area contributed by atoms with Gasteiger partial charge in [0.2, 0.25) is 5.91 Å². The molecule has 1 aliphatic rings. The smallest absolute Gasteiger partial charge is 0.273 e. The summed E-state index contributed by atoms with van der Waals surface area (Å²) < 4.78 is 1.16. The molecule has 1 fully saturated rings. The van der Waals surface area contributed by atoms with E-state index in [1.54, 1.807) is 24.3 Å². The molecule has 2 atom stereocenters. The van der Waals surface area contributed by atoms with Gasteiger partial charge in [-0.15, -0.1) is 0 Å². The van der Waals surface area contributed by atoms with E-state index in [2.05, 4.69) is 15.7 Å². The maximum absolute atomic E-state index is 12.3. The third-order valence-corrected chi connectivity index (χ3v) is 4.31. The van der Waals surface area contributed by atoms with Gasteiger partial charge in [-0.1, -0.05) is 12.1 Å². The van der Waals surface area contributed by atoms with E-state index >= 15 is 0 Å². The lowest BCUT2D eigenvalue weighted by atomic mass is 10.1. The monoisotopic (exact) mass is 332 g/mol. The largest absolute Gasteiger partial charge is 0.391 e. The summed E-state index contributed by atoms with van der Waals surface area (Å²) in [6, 6.07) is 6.58. The van der Waals surface area contributed by atoms with Gasteiger partial charge in [-0.05, 0) is 12.1 Å². The second-order valence-electron chi connectivity index (χ2n) is 5.98. The molecule has 1 aliphatic heterocycles. The number of hydrogen-bond donors (Lipinski definition) is 4. The summed E-state index contributed by atoms with van der Waals surface area (Å²) in [6.45, 7) is 1.68. The Bertz CT molecular complexity index is 857. The number of aryl methyl sites for hydroxylation is 1. The Kier molecular flexibility index (Phi) is 4.77. The highest BCUT2D eigenvalue weighted by atomic mass is 16.3. The van der Waals surface area contributed by atoms with Crippen molar-refractivity contribution in [3.63, 3.8) is 0 Å². The van der Waals surface area contributed by atoms with E-state index in [0.717, 1.165) is 4.68 Å². The third kappa shape index (κ3) is 3.39. The number of aliphatic hydroxyl groups is 1. The van der Waals surface area contributed by atoms with Gasteiger partial charge in [0.05, 0.1) is 23.4 Å². The van der Waals surface area contributed by atoms with E-state index in [9.17, 15) is 19.5 Å². The van der Waals surface area contributed by atoms with E-state index in [4.69, 9.17) is 0 Å². The Labute approximate surface area is 137 Å². The Balaban J connectivity index is 1.63. The summed E-state index contributed by atoms with van der Waals surface area (Å²) in [6.07, 6.45) is -0.380. The highest BCUT2D eigenvalue weighted by Gasteiger charge is 2.24.